The lowest BCUT2D eigenvalue weighted by molar-refractivity contribution is 0.188. The molecule has 2 saturated carbocycles. The van der Waals surface area contributed by atoms with E-state index >= 15 is 0 Å². The fourth-order valence-corrected chi connectivity index (χ4v) is 3.12. The van der Waals surface area contributed by atoms with E-state index in [1.165, 1.54) is 32.1 Å². The summed E-state index contributed by atoms with van der Waals surface area (Å²) >= 11 is 0. The van der Waals surface area contributed by atoms with E-state index in [0.717, 1.165) is 18.3 Å². The first-order valence-corrected chi connectivity index (χ1v) is 7.24. The second-order valence-electron chi connectivity index (χ2n) is 6.16. The van der Waals surface area contributed by atoms with Crippen LogP contribution in [0.4, 0.5) is 0 Å². The van der Waals surface area contributed by atoms with Crippen molar-refractivity contribution in [1.82, 2.24) is 25.5 Å². The standard InChI is InChI=1S/C13H23N5/c1-9-3-6-12(10(2)7-9)18-13(15-16-17-18)8-14-11-4-5-11/h9-12,14H,3-8H2,1-2H3. The van der Waals surface area contributed by atoms with Gasteiger partial charge in [0, 0.05) is 6.04 Å². The van der Waals surface area contributed by atoms with Gasteiger partial charge in [-0.2, -0.15) is 0 Å². The van der Waals surface area contributed by atoms with Crippen molar-refractivity contribution < 1.29 is 0 Å². The van der Waals surface area contributed by atoms with Gasteiger partial charge < -0.3 is 5.32 Å². The van der Waals surface area contributed by atoms with E-state index in [1.54, 1.807) is 0 Å². The minimum atomic E-state index is 0.493. The zero-order chi connectivity index (χ0) is 12.5. The number of tetrazole rings is 1. The highest BCUT2D eigenvalue weighted by molar-refractivity contribution is 4.91. The van der Waals surface area contributed by atoms with Crippen molar-refractivity contribution >= 4 is 0 Å². The smallest absolute Gasteiger partial charge is 0.165 e. The molecule has 0 radical (unpaired) electrons. The maximum atomic E-state index is 4.23. The van der Waals surface area contributed by atoms with Gasteiger partial charge in [0.2, 0.25) is 0 Å². The lowest BCUT2D eigenvalue weighted by atomic mass is 9.80. The van der Waals surface area contributed by atoms with E-state index in [-0.39, 0.29) is 0 Å². The van der Waals surface area contributed by atoms with Crippen molar-refractivity contribution in [2.75, 3.05) is 0 Å². The molecule has 0 spiro atoms. The molecule has 3 rings (SSSR count). The van der Waals surface area contributed by atoms with Gasteiger partial charge in [0.1, 0.15) is 0 Å². The molecule has 2 fully saturated rings. The number of nitrogens with zero attached hydrogens (tertiary/aromatic N) is 4. The molecule has 5 heteroatoms. The van der Waals surface area contributed by atoms with Crippen LogP contribution in [0.3, 0.4) is 0 Å². The van der Waals surface area contributed by atoms with Crippen LogP contribution in [0.15, 0.2) is 0 Å². The molecule has 3 atom stereocenters. The highest BCUT2D eigenvalue weighted by Gasteiger charge is 2.29. The molecular weight excluding hydrogens is 226 g/mol. The first-order chi connectivity index (χ1) is 8.74. The number of rotatable bonds is 4. The van der Waals surface area contributed by atoms with E-state index in [2.05, 4.69) is 39.4 Å². The third-order valence-electron chi connectivity index (χ3n) is 4.39. The van der Waals surface area contributed by atoms with Gasteiger partial charge in [-0.1, -0.05) is 13.8 Å². The van der Waals surface area contributed by atoms with Gasteiger partial charge in [0.05, 0.1) is 12.6 Å². The number of hydrogen-bond donors (Lipinski definition) is 1. The van der Waals surface area contributed by atoms with Gasteiger partial charge >= 0.3 is 0 Å². The lowest BCUT2D eigenvalue weighted by Crippen LogP contribution is -2.28. The van der Waals surface area contributed by atoms with Crippen LogP contribution in [0.2, 0.25) is 0 Å². The Morgan fingerprint density at radius 2 is 2.06 bits per heavy atom. The summed E-state index contributed by atoms with van der Waals surface area (Å²) in [5, 5.41) is 15.8. The molecule has 100 valence electrons. The predicted octanol–water partition coefficient (Wildman–Crippen LogP) is 1.92. The minimum absolute atomic E-state index is 0.493. The molecular formula is C13H23N5. The Kier molecular flexibility index (Phi) is 3.33. The average Bonchev–Trinajstić information content (AvgIpc) is 3.06. The Labute approximate surface area is 108 Å². The van der Waals surface area contributed by atoms with E-state index in [1.807, 2.05) is 0 Å². The monoisotopic (exact) mass is 249 g/mol. The van der Waals surface area contributed by atoms with Crippen molar-refractivity contribution in [2.24, 2.45) is 11.8 Å². The van der Waals surface area contributed by atoms with Crippen LogP contribution in [0, 0.1) is 11.8 Å². The maximum Gasteiger partial charge on any atom is 0.165 e. The molecule has 0 saturated heterocycles. The summed E-state index contributed by atoms with van der Waals surface area (Å²) in [7, 11) is 0. The van der Waals surface area contributed by atoms with Gasteiger partial charge in [-0.05, 0) is 54.4 Å². The van der Waals surface area contributed by atoms with E-state index in [4.69, 9.17) is 0 Å². The second-order valence-corrected chi connectivity index (χ2v) is 6.16. The summed E-state index contributed by atoms with van der Waals surface area (Å²) in [5.41, 5.74) is 0. The molecule has 1 heterocycles. The highest BCUT2D eigenvalue weighted by atomic mass is 15.6. The van der Waals surface area contributed by atoms with Crippen molar-refractivity contribution in [3.05, 3.63) is 5.82 Å². The van der Waals surface area contributed by atoms with Crippen LogP contribution in [-0.4, -0.2) is 26.2 Å². The van der Waals surface area contributed by atoms with Crippen LogP contribution < -0.4 is 5.32 Å². The van der Waals surface area contributed by atoms with Crippen LogP contribution in [0.25, 0.3) is 0 Å². The first-order valence-electron chi connectivity index (χ1n) is 7.24. The summed E-state index contributed by atoms with van der Waals surface area (Å²) in [5.74, 6) is 2.53. The van der Waals surface area contributed by atoms with Gasteiger partial charge in [0.25, 0.3) is 0 Å². The molecule has 5 nitrogen and oxygen atoms in total. The quantitative estimate of drug-likeness (QED) is 0.885. The Bertz CT molecular complexity index is 398. The van der Waals surface area contributed by atoms with E-state index in [9.17, 15) is 0 Å². The van der Waals surface area contributed by atoms with Gasteiger partial charge in [-0.15, -0.1) is 5.10 Å². The first kappa shape index (κ1) is 12.1. The zero-order valence-corrected chi connectivity index (χ0v) is 11.3. The average molecular weight is 249 g/mol. The van der Waals surface area contributed by atoms with Crippen LogP contribution in [0.5, 0.6) is 0 Å². The fraction of sp³-hybridized carbons (Fsp3) is 0.923. The van der Waals surface area contributed by atoms with Crippen molar-refractivity contribution in [3.63, 3.8) is 0 Å². The molecule has 0 amide bonds. The Morgan fingerprint density at radius 1 is 1.22 bits per heavy atom. The zero-order valence-electron chi connectivity index (χ0n) is 11.3. The predicted molar refractivity (Wildman–Crippen MR) is 68.9 cm³/mol. The summed E-state index contributed by atoms with van der Waals surface area (Å²) in [6, 6.07) is 1.20. The summed E-state index contributed by atoms with van der Waals surface area (Å²) in [4.78, 5) is 0. The molecule has 0 aromatic carbocycles. The van der Waals surface area contributed by atoms with Crippen molar-refractivity contribution in [1.29, 1.82) is 0 Å². The van der Waals surface area contributed by atoms with Crippen LogP contribution >= 0.6 is 0 Å². The number of nitrogens with one attached hydrogen (secondary N) is 1. The highest BCUT2D eigenvalue weighted by Crippen LogP contribution is 2.36. The normalized spacial score (nSPS) is 32.7. The Balaban J connectivity index is 1.68. The Hall–Kier alpha value is -0.970. The largest absolute Gasteiger partial charge is 0.307 e. The molecule has 0 aliphatic heterocycles. The molecule has 1 aromatic rings. The molecule has 3 unspecified atom stereocenters. The fourth-order valence-electron chi connectivity index (χ4n) is 3.12. The lowest BCUT2D eigenvalue weighted by Gasteiger charge is -2.32. The van der Waals surface area contributed by atoms with Gasteiger partial charge in [-0.25, -0.2) is 4.68 Å². The maximum absolute atomic E-state index is 4.23. The van der Waals surface area contributed by atoms with Gasteiger partial charge in [-0.3, -0.25) is 0 Å². The van der Waals surface area contributed by atoms with Crippen LogP contribution in [-0.2, 0) is 6.54 Å². The van der Waals surface area contributed by atoms with E-state index in [0.29, 0.717) is 18.0 Å². The molecule has 18 heavy (non-hydrogen) atoms. The summed E-state index contributed by atoms with van der Waals surface area (Å²) in [6.45, 7) is 5.50. The van der Waals surface area contributed by atoms with Crippen molar-refractivity contribution in [2.45, 2.75) is 64.6 Å². The third-order valence-corrected chi connectivity index (χ3v) is 4.39. The number of hydrogen-bond acceptors (Lipinski definition) is 4. The van der Waals surface area contributed by atoms with E-state index < -0.39 is 0 Å². The number of aromatic nitrogens is 4. The van der Waals surface area contributed by atoms with Gasteiger partial charge in [0.15, 0.2) is 5.82 Å². The molecule has 1 N–H and O–H groups in total. The topological polar surface area (TPSA) is 55.6 Å². The SMILES string of the molecule is CC1CCC(n2nnnc2CNC2CC2)C(C)C1. The molecule has 0 bridgehead atoms. The second kappa shape index (κ2) is 4.96. The molecule has 2 aliphatic rings. The molecule has 2 aliphatic carbocycles. The Morgan fingerprint density at radius 3 is 2.78 bits per heavy atom. The van der Waals surface area contributed by atoms with Crippen LogP contribution in [0.1, 0.15) is 57.8 Å². The summed E-state index contributed by atoms with van der Waals surface area (Å²) in [6.07, 6.45) is 6.41. The summed E-state index contributed by atoms with van der Waals surface area (Å²) < 4.78 is 2.08. The van der Waals surface area contributed by atoms with Crippen molar-refractivity contribution in [3.8, 4) is 0 Å². The molecule has 1 aromatic heterocycles. The third kappa shape index (κ3) is 2.55. The minimum Gasteiger partial charge on any atom is -0.307 e.